The lowest BCUT2D eigenvalue weighted by molar-refractivity contribution is -0.172. The van der Waals surface area contributed by atoms with E-state index in [9.17, 15) is 9.59 Å². The minimum Gasteiger partial charge on any atom is -0.465 e. The summed E-state index contributed by atoms with van der Waals surface area (Å²) in [5, 5.41) is 0. The standard InChI is InChI=1S/C24H36O4/c1-6-10-12-13-14-19(5)21-18-24(22(25)27-8-3,23(26)28-9-4)17-16-20(21)15-11-7-2/h16H,6-12,15,17-18H2,1-5H3/b21-19-. The lowest BCUT2D eigenvalue weighted by Gasteiger charge is -2.34. The Morgan fingerprint density at radius 1 is 1.04 bits per heavy atom. The Morgan fingerprint density at radius 3 is 2.18 bits per heavy atom. The highest BCUT2D eigenvalue weighted by Gasteiger charge is 2.50. The van der Waals surface area contributed by atoms with Crippen molar-refractivity contribution in [1.82, 2.24) is 0 Å². The SMILES string of the molecule is CCCCC#C/C(C)=C1/CC(C(=O)OCC)(C(=O)OCC)CC=C1CCCC. The van der Waals surface area contributed by atoms with Crippen LogP contribution in [0.25, 0.3) is 0 Å². The lowest BCUT2D eigenvalue weighted by atomic mass is 9.70. The predicted molar refractivity (Wildman–Crippen MR) is 113 cm³/mol. The van der Waals surface area contributed by atoms with Crippen LogP contribution in [-0.2, 0) is 19.1 Å². The summed E-state index contributed by atoms with van der Waals surface area (Å²) in [5.74, 6) is 5.49. The molecule has 0 radical (unpaired) electrons. The van der Waals surface area contributed by atoms with Gasteiger partial charge in [0.05, 0.1) is 13.2 Å². The number of carbonyl (C=O) groups excluding carboxylic acids is 2. The van der Waals surface area contributed by atoms with Gasteiger partial charge in [0.25, 0.3) is 0 Å². The summed E-state index contributed by atoms with van der Waals surface area (Å²) in [6.45, 7) is 10.3. The van der Waals surface area contributed by atoms with E-state index in [0.29, 0.717) is 12.8 Å². The Labute approximate surface area is 170 Å². The van der Waals surface area contributed by atoms with Gasteiger partial charge in [-0.25, -0.2) is 0 Å². The van der Waals surface area contributed by atoms with E-state index in [2.05, 4.69) is 25.7 Å². The van der Waals surface area contributed by atoms with E-state index in [4.69, 9.17) is 9.47 Å². The first kappa shape index (κ1) is 24.0. The van der Waals surface area contributed by atoms with Gasteiger partial charge in [0.15, 0.2) is 5.41 Å². The van der Waals surface area contributed by atoms with E-state index in [0.717, 1.165) is 49.7 Å². The Kier molecular flexibility index (Phi) is 10.7. The number of allylic oxidation sites excluding steroid dienone is 4. The maximum atomic E-state index is 12.8. The molecule has 0 atom stereocenters. The minimum absolute atomic E-state index is 0.237. The van der Waals surface area contributed by atoms with Crippen LogP contribution in [-0.4, -0.2) is 25.2 Å². The summed E-state index contributed by atoms with van der Waals surface area (Å²) in [7, 11) is 0. The maximum absolute atomic E-state index is 12.8. The number of ether oxygens (including phenoxy) is 2. The van der Waals surface area contributed by atoms with E-state index in [1.165, 1.54) is 5.57 Å². The number of rotatable bonds is 9. The number of hydrogen-bond acceptors (Lipinski definition) is 4. The van der Waals surface area contributed by atoms with Crippen LogP contribution in [0.2, 0.25) is 0 Å². The highest BCUT2D eigenvalue weighted by molar-refractivity contribution is 6.01. The molecule has 0 spiro atoms. The third-order valence-corrected chi connectivity index (χ3v) is 5.08. The molecule has 1 rings (SSSR count). The summed E-state index contributed by atoms with van der Waals surface area (Å²) < 4.78 is 10.6. The van der Waals surface area contributed by atoms with Gasteiger partial charge in [0.2, 0.25) is 0 Å². The highest BCUT2D eigenvalue weighted by atomic mass is 16.6. The summed E-state index contributed by atoms with van der Waals surface area (Å²) in [6.07, 6.45) is 8.78. The van der Waals surface area contributed by atoms with Gasteiger partial charge in [-0.2, -0.15) is 0 Å². The van der Waals surface area contributed by atoms with Gasteiger partial charge in [0, 0.05) is 18.4 Å². The fraction of sp³-hybridized carbons (Fsp3) is 0.667. The van der Waals surface area contributed by atoms with Gasteiger partial charge in [-0.15, -0.1) is 0 Å². The van der Waals surface area contributed by atoms with Gasteiger partial charge < -0.3 is 9.47 Å². The van der Waals surface area contributed by atoms with Crippen molar-refractivity contribution in [3.63, 3.8) is 0 Å². The molecule has 0 aromatic rings. The second-order valence-electron chi connectivity index (χ2n) is 7.25. The van der Waals surface area contributed by atoms with E-state index >= 15 is 0 Å². The van der Waals surface area contributed by atoms with Crippen molar-refractivity contribution in [3.05, 3.63) is 22.8 Å². The molecule has 0 fully saturated rings. The van der Waals surface area contributed by atoms with Crippen LogP contribution >= 0.6 is 0 Å². The number of esters is 2. The van der Waals surface area contributed by atoms with Crippen LogP contribution in [0.15, 0.2) is 22.8 Å². The average Bonchev–Trinajstić information content (AvgIpc) is 2.69. The van der Waals surface area contributed by atoms with Gasteiger partial charge in [0.1, 0.15) is 0 Å². The van der Waals surface area contributed by atoms with E-state index in [1.807, 2.05) is 13.0 Å². The molecule has 0 unspecified atom stereocenters. The zero-order valence-electron chi connectivity index (χ0n) is 18.3. The predicted octanol–water partition coefficient (Wildman–Crippen LogP) is 5.52. The van der Waals surface area contributed by atoms with Gasteiger partial charge in [-0.05, 0) is 57.6 Å². The van der Waals surface area contributed by atoms with Gasteiger partial charge in [-0.1, -0.05) is 44.6 Å². The first-order chi connectivity index (χ1) is 13.5. The smallest absolute Gasteiger partial charge is 0.324 e. The zero-order valence-corrected chi connectivity index (χ0v) is 18.3. The summed E-state index contributed by atoms with van der Waals surface area (Å²) in [6, 6.07) is 0. The quantitative estimate of drug-likeness (QED) is 0.226. The molecule has 4 heteroatoms. The summed E-state index contributed by atoms with van der Waals surface area (Å²) in [5.41, 5.74) is 1.85. The van der Waals surface area contributed by atoms with E-state index < -0.39 is 17.4 Å². The third kappa shape index (κ3) is 6.26. The van der Waals surface area contributed by atoms with Crippen molar-refractivity contribution in [2.24, 2.45) is 5.41 Å². The number of unbranched alkanes of at least 4 members (excludes halogenated alkanes) is 3. The molecular weight excluding hydrogens is 352 g/mol. The Hall–Kier alpha value is -2.02. The molecule has 0 bridgehead atoms. The van der Waals surface area contributed by atoms with Crippen molar-refractivity contribution < 1.29 is 19.1 Å². The van der Waals surface area contributed by atoms with Crippen molar-refractivity contribution >= 4 is 11.9 Å². The molecule has 4 nitrogen and oxygen atoms in total. The van der Waals surface area contributed by atoms with Crippen molar-refractivity contribution in [2.45, 2.75) is 86.0 Å². The maximum Gasteiger partial charge on any atom is 0.324 e. The first-order valence-corrected chi connectivity index (χ1v) is 10.7. The first-order valence-electron chi connectivity index (χ1n) is 10.7. The van der Waals surface area contributed by atoms with Crippen molar-refractivity contribution in [3.8, 4) is 11.8 Å². The monoisotopic (exact) mass is 388 g/mol. The zero-order chi connectivity index (χ0) is 21.0. The molecule has 0 aromatic carbocycles. The van der Waals surface area contributed by atoms with Crippen molar-refractivity contribution in [2.75, 3.05) is 13.2 Å². The topological polar surface area (TPSA) is 52.6 Å². The average molecular weight is 389 g/mol. The van der Waals surface area contributed by atoms with Gasteiger partial charge >= 0.3 is 11.9 Å². The molecule has 0 aliphatic heterocycles. The Bertz CT molecular complexity index is 640. The molecule has 1 aliphatic carbocycles. The normalized spacial score (nSPS) is 17.1. The Balaban J connectivity index is 3.36. The fourth-order valence-electron chi connectivity index (χ4n) is 3.37. The molecule has 0 aromatic heterocycles. The fourth-order valence-corrected chi connectivity index (χ4v) is 3.37. The van der Waals surface area contributed by atoms with Crippen molar-refractivity contribution in [1.29, 1.82) is 0 Å². The molecule has 0 saturated heterocycles. The highest BCUT2D eigenvalue weighted by Crippen LogP contribution is 2.43. The number of hydrogen-bond donors (Lipinski definition) is 0. The van der Waals surface area contributed by atoms with Crippen LogP contribution < -0.4 is 0 Å². The molecular formula is C24H36O4. The van der Waals surface area contributed by atoms with Crippen LogP contribution in [0.3, 0.4) is 0 Å². The summed E-state index contributed by atoms with van der Waals surface area (Å²) in [4.78, 5) is 25.6. The van der Waals surface area contributed by atoms with Crippen LogP contribution in [0.5, 0.6) is 0 Å². The molecule has 28 heavy (non-hydrogen) atoms. The van der Waals surface area contributed by atoms with E-state index in [1.54, 1.807) is 13.8 Å². The second kappa shape index (κ2) is 12.4. The molecule has 0 saturated carbocycles. The minimum atomic E-state index is -1.30. The van der Waals surface area contributed by atoms with Crippen LogP contribution in [0.1, 0.15) is 86.0 Å². The lowest BCUT2D eigenvalue weighted by Crippen LogP contribution is -2.43. The van der Waals surface area contributed by atoms with E-state index in [-0.39, 0.29) is 13.2 Å². The molecule has 1 aliphatic rings. The molecule has 0 heterocycles. The third-order valence-electron chi connectivity index (χ3n) is 5.08. The molecule has 0 amide bonds. The van der Waals surface area contributed by atoms with Crippen LogP contribution in [0, 0.1) is 17.3 Å². The Morgan fingerprint density at radius 2 is 1.64 bits per heavy atom. The summed E-state index contributed by atoms with van der Waals surface area (Å²) >= 11 is 0. The second-order valence-corrected chi connectivity index (χ2v) is 7.25. The molecule has 0 N–H and O–H groups in total. The largest absolute Gasteiger partial charge is 0.465 e. The molecule has 156 valence electrons. The van der Waals surface area contributed by atoms with Crippen LogP contribution in [0.4, 0.5) is 0 Å². The number of carbonyl (C=O) groups is 2. The van der Waals surface area contributed by atoms with Gasteiger partial charge in [-0.3, -0.25) is 9.59 Å².